The molecule has 2 aromatic carbocycles. The summed E-state index contributed by atoms with van der Waals surface area (Å²) in [4.78, 5) is 15.3. The zero-order valence-electron chi connectivity index (χ0n) is 18.8. The normalized spacial score (nSPS) is 21.4. The highest BCUT2D eigenvalue weighted by Gasteiger charge is 2.34. The zero-order valence-corrected chi connectivity index (χ0v) is 18.8. The Bertz CT molecular complexity index is 1200. The lowest BCUT2D eigenvalue weighted by Gasteiger charge is -2.36. The summed E-state index contributed by atoms with van der Waals surface area (Å²) in [5.41, 5.74) is 1.57. The average molecular weight is 472 g/mol. The van der Waals surface area contributed by atoms with Gasteiger partial charge in [0.25, 0.3) is 0 Å². The number of hydrogen-bond donors (Lipinski definition) is 4. The summed E-state index contributed by atoms with van der Waals surface area (Å²) >= 11 is 0. The van der Waals surface area contributed by atoms with Gasteiger partial charge >= 0.3 is 6.03 Å². The van der Waals surface area contributed by atoms with E-state index in [0.29, 0.717) is 35.9 Å². The van der Waals surface area contributed by atoms with Crippen molar-refractivity contribution >= 4 is 16.9 Å². The quantitative estimate of drug-likeness (QED) is 0.400. The Morgan fingerprint density at radius 2 is 1.76 bits per heavy atom. The van der Waals surface area contributed by atoms with Crippen molar-refractivity contribution in [1.29, 1.82) is 0 Å². The number of urea groups is 1. The third-order valence-corrected chi connectivity index (χ3v) is 7.24. The van der Waals surface area contributed by atoms with Gasteiger partial charge in [0, 0.05) is 29.7 Å². The maximum atomic E-state index is 14.5. The van der Waals surface area contributed by atoms with Gasteiger partial charge < -0.3 is 20.7 Å². The van der Waals surface area contributed by atoms with E-state index in [-0.39, 0.29) is 35.9 Å². The van der Waals surface area contributed by atoms with Crippen LogP contribution in [0.4, 0.5) is 18.0 Å². The van der Waals surface area contributed by atoms with Crippen LogP contribution in [0.15, 0.2) is 36.4 Å². The van der Waals surface area contributed by atoms with Gasteiger partial charge in [-0.25, -0.2) is 18.0 Å². The number of fused-ring (bicyclic) bond motifs is 1. The highest BCUT2D eigenvalue weighted by atomic mass is 19.1. The maximum absolute atomic E-state index is 14.5. The second kappa shape index (κ2) is 8.98. The maximum Gasteiger partial charge on any atom is 0.315 e. The Hall–Kier alpha value is -3.00. The number of carbonyl (C=O) groups is 1. The molecule has 3 aromatic rings. The van der Waals surface area contributed by atoms with E-state index in [0.717, 1.165) is 37.3 Å². The van der Waals surface area contributed by atoms with Crippen molar-refractivity contribution < 1.29 is 23.1 Å². The van der Waals surface area contributed by atoms with Gasteiger partial charge in [-0.2, -0.15) is 0 Å². The Kier molecular flexibility index (Phi) is 6.02. The molecule has 2 amide bonds. The van der Waals surface area contributed by atoms with Crippen molar-refractivity contribution in [2.45, 2.75) is 56.6 Å². The molecule has 5 nitrogen and oxygen atoms in total. The monoisotopic (exact) mass is 471 g/mol. The minimum absolute atomic E-state index is 0.0103. The Balaban J connectivity index is 1.26. The molecule has 180 valence electrons. The van der Waals surface area contributed by atoms with Crippen molar-refractivity contribution in [3.8, 4) is 11.3 Å². The molecule has 2 fully saturated rings. The van der Waals surface area contributed by atoms with E-state index in [1.54, 1.807) is 12.1 Å². The SMILES string of the molecule is O=C(NCC1(O)CCCC1)NC1CC(Cc2c(-c3ccc(F)cc3)[nH]c3c(F)cc(F)cc23)C1. The molecule has 2 saturated carbocycles. The third-order valence-electron chi connectivity index (χ3n) is 7.24. The molecule has 0 spiro atoms. The summed E-state index contributed by atoms with van der Waals surface area (Å²) < 4.78 is 41.9. The second-order valence-electron chi connectivity index (χ2n) is 9.79. The summed E-state index contributed by atoms with van der Waals surface area (Å²) in [6.07, 6.45) is 5.43. The van der Waals surface area contributed by atoms with Crippen LogP contribution in [-0.2, 0) is 6.42 Å². The molecule has 5 rings (SSSR count). The topological polar surface area (TPSA) is 77.2 Å². The van der Waals surface area contributed by atoms with Crippen LogP contribution in [0.2, 0.25) is 0 Å². The zero-order chi connectivity index (χ0) is 23.9. The molecule has 8 heteroatoms. The van der Waals surface area contributed by atoms with Crippen LogP contribution in [0.5, 0.6) is 0 Å². The molecule has 2 aliphatic carbocycles. The van der Waals surface area contributed by atoms with E-state index in [1.807, 2.05) is 0 Å². The van der Waals surface area contributed by atoms with Crippen LogP contribution in [0, 0.1) is 23.4 Å². The number of rotatable bonds is 6. The Labute approximate surface area is 195 Å². The standard InChI is InChI=1S/C26H28F3N3O2/c27-17-5-3-16(4-6-17)23-20(21-12-18(28)13-22(29)24(21)32-23)11-15-9-19(10-15)31-25(33)30-14-26(34)7-1-2-8-26/h3-6,12-13,15,19,32,34H,1-2,7-11,14H2,(H2,30,31,33). The number of H-pyrrole nitrogens is 1. The molecular formula is C26H28F3N3O2. The molecule has 2 aliphatic rings. The Morgan fingerprint density at radius 1 is 1.06 bits per heavy atom. The van der Waals surface area contributed by atoms with Crippen molar-refractivity contribution in [2.75, 3.05) is 6.54 Å². The van der Waals surface area contributed by atoms with Crippen molar-refractivity contribution in [1.82, 2.24) is 15.6 Å². The van der Waals surface area contributed by atoms with Crippen LogP contribution in [-0.4, -0.2) is 34.3 Å². The first-order valence-corrected chi connectivity index (χ1v) is 11.8. The highest BCUT2D eigenvalue weighted by molar-refractivity contribution is 5.91. The predicted octanol–water partition coefficient (Wildman–Crippen LogP) is 5.18. The molecule has 1 aromatic heterocycles. The third kappa shape index (κ3) is 4.64. The number of benzene rings is 2. The lowest BCUT2D eigenvalue weighted by Crippen LogP contribution is -2.51. The van der Waals surface area contributed by atoms with Crippen LogP contribution in [0.3, 0.4) is 0 Å². The van der Waals surface area contributed by atoms with E-state index >= 15 is 0 Å². The summed E-state index contributed by atoms with van der Waals surface area (Å²) in [5.74, 6) is -1.46. The van der Waals surface area contributed by atoms with Gasteiger partial charge in [-0.05, 0) is 79.5 Å². The van der Waals surface area contributed by atoms with E-state index in [9.17, 15) is 23.1 Å². The number of hydrogen-bond acceptors (Lipinski definition) is 2. The number of carbonyl (C=O) groups excluding carboxylic acids is 1. The first kappa shape index (κ1) is 22.8. The van der Waals surface area contributed by atoms with Gasteiger partial charge in [-0.1, -0.05) is 12.8 Å². The predicted molar refractivity (Wildman–Crippen MR) is 124 cm³/mol. The summed E-state index contributed by atoms with van der Waals surface area (Å²) in [6.45, 7) is 0.252. The van der Waals surface area contributed by atoms with E-state index < -0.39 is 17.2 Å². The van der Waals surface area contributed by atoms with Gasteiger partial charge in [0.05, 0.1) is 11.1 Å². The van der Waals surface area contributed by atoms with Gasteiger partial charge in [0.2, 0.25) is 0 Å². The summed E-state index contributed by atoms with van der Waals surface area (Å²) in [5, 5.41) is 16.6. The molecule has 34 heavy (non-hydrogen) atoms. The molecule has 4 N–H and O–H groups in total. The average Bonchev–Trinajstić information content (AvgIpc) is 3.36. The minimum Gasteiger partial charge on any atom is -0.388 e. The van der Waals surface area contributed by atoms with Crippen molar-refractivity contribution in [2.24, 2.45) is 5.92 Å². The van der Waals surface area contributed by atoms with Gasteiger partial charge in [-0.3, -0.25) is 0 Å². The number of aromatic amines is 1. The highest BCUT2D eigenvalue weighted by Crippen LogP contribution is 2.38. The first-order chi connectivity index (χ1) is 16.3. The van der Waals surface area contributed by atoms with Gasteiger partial charge in [-0.15, -0.1) is 0 Å². The molecule has 0 saturated heterocycles. The molecule has 0 bridgehead atoms. The number of aromatic nitrogens is 1. The fourth-order valence-electron chi connectivity index (χ4n) is 5.35. The molecule has 0 atom stereocenters. The molecule has 0 aliphatic heterocycles. The fourth-order valence-corrected chi connectivity index (χ4v) is 5.35. The van der Waals surface area contributed by atoms with E-state index in [2.05, 4.69) is 15.6 Å². The Morgan fingerprint density at radius 3 is 2.47 bits per heavy atom. The smallest absolute Gasteiger partial charge is 0.315 e. The molecule has 0 unspecified atom stereocenters. The van der Waals surface area contributed by atoms with E-state index in [1.165, 1.54) is 18.2 Å². The van der Waals surface area contributed by atoms with E-state index in [4.69, 9.17) is 0 Å². The lowest BCUT2D eigenvalue weighted by molar-refractivity contribution is 0.0497. The van der Waals surface area contributed by atoms with Crippen molar-refractivity contribution in [3.63, 3.8) is 0 Å². The molecule has 0 radical (unpaired) electrons. The summed E-state index contributed by atoms with van der Waals surface area (Å²) in [6, 6.07) is 7.81. The minimum atomic E-state index is -0.796. The second-order valence-corrected chi connectivity index (χ2v) is 9.79. The molecular weight excluding hydrogens is 443 g/mol. The number of nitrogens with one attached hydrogen (secondary N) is 3. The van der Waals surface area contributed by atoms with Crippen LogP contribution in [0.1, 0.15) is 44.1 Å². The van der Waals surface area contributed by atoms with Crippen LogP contribution in [0.25, 0.3) is 22.2 Å². The first-order valence-electron chi connectivity index (χ1n) is 11.8. The van der Waals surface area contributed by atoms with Crippen LogP contribution < -0.4 is 10.6 Å². The number of halogens is 3. The van der Waals surface area contributed by atoms with Crippen LogP contribution >= 0.6 is 0 Å². The van der Waals surface area contributed by atoms with Gasteiger partial charge in [0.15, 0.2) is 0 Å². The fraction of sp³-hybridized carbons (Fsp3) is 0.423. The summed E-state index contributed by atoms with van der Waals surface area (Å²) in [7, 11) is 0. The number of amides is 2. The molecule has 1 heterocycles. The number of aliphatic hydroxyl groups is 1. The lowest BCUT2D eigenvalue weighted by atomic mass is 9.76. The van der Waals surface area contributed by atoms with Crippen molar-refractivity contribution in [3.05, 3.63) is 59.4 Å². The van der Waals surface area contributed by atoms with Gasteiger partial charge in [0.1, 0.15) is 17.5 Å². The largest absolute Gasteiger partial charge is 0.388 e.